The van der Waals surface area contributed by atoms with E-state index in [0.29, 0.717) is 0 Å². The van der Waals surface area contributed by atoms with Gasteiger partial charge in [-0.1, -0.05) is 6.07 Å². The Morgan fingerprint density at radius 3 is 2.67 bits per heavy atom. The van der Waals surface area contributed by atoms with Crippen molar-refractivity contribution in [3.8, 4) is 0 Å². The molecule has 2 aliphatic rings. The van der Waals surface area contributed by atoms with Crippen LogP contribution in [0.2, 0.25) is 0 Å². The first-order chi connectivity index (χ1) is 9.99. The van der Waals surface area contributed by atoms with Gasteiger partial charge >= 0.3 is 5.97 Å². The van der Waals surface area contributed by atoms with E-state index in [1.165, 1.54) is 12.1 Å². The summed E-state index contributed by atoms with van der Waals surface area (Å²) in [5, 5.41) is 12.5. The van der Waals surface area contributed by atoms with Crippen LogP contribution in [0.1, 0.15) is 29.6 Å². The Kier molecular flexibility index (Phi) is 3.31. The third kappa shape index (κ3) is 2.24. The van der Waals surface area contributed by atoms with Gasteiger partial charge in [0.25, 0.3) is 5.91 Å². The van der Waals surface area contributed by atoms with Gasteiger partial charge in [-0.2, -0.15) is 0 Å². The molecule has 0 heterocycles. The largest absolute Gasteiger partial charge is 0.481 e. The van der Waals surface area contributed by atoms with Crippen LogP contribution in [0, 0.1) is 23.6 Å². The van der Waals surface area contributed by atoms with Crippen LogP contribution in [0.5, 0.6) is 0 Å². The van der Waals surface area contributed by atoms with Crippen molar-refractivity contribution in [3.63, 3.8) is 0 Å². The summed E-state index contributed by atoms with van der Waals surface area (Å²) in [4.78, 5) is 22.9. The fraction of sp³-hybridized carbons (Fsp3) is 0.467. The molecule has 6 heteroatoms. The highest BCUT2D eigenvalue weighted by Gasteiger charge is 2.51. The number of hydrogen-bond acceptors (Lipinski definition) is 3. The number of carboxylic acid groups (broad SMARTS) is 1. The SMILES string of the molecule is NC(=O)c1c(F)cccc1NC1C2CCC(C2)C1C(=O)O. The van der Waals surface area contributed by atoms with Crippen molar-refractivity contribution in [2.24, 2.45) is 23.5 Å². The van der Waals surface area contributed by atoms with Crippen LogP contribution in [0.15, 0.2) is 18.2 Å². The minimum absolute atomic E-state index is 0.163. The van der Waals surface area contributed by atoms with Crippen molar-refractivity contribution in [1.29, 1.82) is 0 Å². The molecular formula is C15H17FN2O3. The van der Waals surface area contributed by atoms with E-state index in [1.54, 1.807) is 6.07 Å². The Hall–Kier alpha value is -2.11. The number of halogens is 1. The molecule has 5 nitrogen and oxygen atoms in total. The third-order valence-corrected chi connectivity index (χ3v) is 4.78. The molecule has 21 heavy (non-hydrogen) atoms. The third-order valence-electron chi connectivity index (χ3n) is 4.78. The number of hydrogen-bond donors (Lipinski definition) is 3. The standard InChI is InChI=1S/C15H17FN2O3/c16-9-2-1-3-10(12(9)14(17)19)18-13-8-5-4-7(6-8)11(13)15(20)21/h1-3,7-8,11,13,18H,4-6H2,(H2,17,19)(H,20,21). The maximum Gasteiger partial charge on any atom is 0.308 e. The minimum Gasteiger partial charge on any atom is -0.481 e. The number of aliphatic carboxylic acids is 1. The lowest BCUT2D eigenvalue weighted by molar-refractivity contribution is -0.143. The molecule has 3 rings (SSSR count). The molecule has 2 aliphatic carbocycles. The molecule has 1 aromatic carbocycles. The van der Waals surface area contributed by atoms with Gasteiger partial charge in [-0.15, -0.1) is 0 Å². The van der Waals surface area contributed by atoms with Crippen LogP contribution < -0.4 is 11.1 Å². The molecule has 1 amide bonds. The molecule has 2 saturated carbocycles. The lowest BCUT2D eigenvalue weighted by Crippen LogP contribution is -2.39. The number of benzene rings is 1. The van der Waals surface area contributed by atoms with Crippen LogP contribution in [0.25, 0.3) is 0 Å². The summed E-state index contributed by atoms with van der Waals surface area (Å²) >= 11 is 0. The van der Waals surface area contributed by atoms with Gasteiger partial charge < -0.3 is 16.2 Å². The fourth-order valence-electron chi connectivity index (χ4n) is 3.93. The van der Waals surface area contributed by atoms with Gasteiger partial charge in [0.05, 0.1) is 17.2 Å². The molecule has 0 aromatic heterocycles. The minimum atomic E-state index is -0.856. The molecule has 4 N–H and O–H groups in total. The highest BCUT2D eigenvalue weighted by molar-refractivity contribution is 5.98. The molecule has 0 spiro atoms. The van der Waals surface area contributed by atoms with E-state index in [2.05, 4.69) is 5.32 Å². The summed E-state index contributed by atoms with van der Waals surface area (Å²) in [5.74, 6) is -2.46. The maximum absolute atomic E-state index is 13.8. The van der Waals surface area contributed by atoms with Crippen LogP contribution >= 0.6 is 0 Å². The smallest absolute Gasteiger partial charge is 0.308 e. The number of rotatable bonds is 4. The molecule has 4 atom stereocenters. The second kappa shape index (κ2) is 5.02. The predicted molar refractivity (Wildman–Crippen MR) is 74.3 cm³/mol. The van der Waals surface area contributed by atoms with Crippen molar-refractivity contribution in [2.75, 3.05) is 5.32 Å². The topological polar surface area (TPSA) is 92.4 Å². The monoisotopic (exact) mass is 292 g/mol. The van der Waals surface area contributed by atoms with Gasteiger partial charge in [0.15, 0.2) is 0 Å². The highest BCUT2D eigenvalue weighted by atomic mass is 19.1. The van der Waals surface area contributed by atoms with Crippen molar-refractivity contribution in [2.45, 2.75) is 25.3 Å². The summed E-state index contributed by atoms with van der Waals surface area (Å²) in [7, 11) is 0. The van der Waals surface area contributed by atoms with Crippen LogP contribution in [-0.4, -0.2) is 23.0 Å². The molecule has 0 aliphatic heterocycles. The van der Waals surface area contributed by atoms with E-state index in [9.17, 15) is 19.1 Å². The van der Waals surface area contributed by atoms with Gasteiger partial charge in [-0.05, 0) is 43.2 Å². The Morgan fingerprint density at radius 2 is 2.00 bits per heavy atom. The lowest BCUT2D eigenvalue weighted by Gasteiger charge is -2.30. The summed E-state index contributed by atoms with van der Waals surface area (Å²) in [6.07, 6.45) is 2.76. The lowest BCUT2D eigenvalue weighted by atomic mass is 9.84. The first-order valence-electron chi connectivity index (χ1n) is 7.06. The van der Waals surface area contributed by atoms with Crippen molar-refractivity contribution in [1.82, 2.24) is 0 Å². The van der Waals surface area contributed by atoms with E-state index >= 15 is 0 Å². The zero-order valence-corrected chi connectivity index (χ0v) is 11.4. The van der Waals surface area contributed by atoms with Gasteiger partial charge in [0.1, 0.15) is 5.82 Å². The number of fused-ring (bicyclic) bond motifs is 2. The van der Waals surface area contributed by atoms with Crippen molar-refractivity contribution in [3.05, 3.63) is 29.6 Å². The Balaban J connectivity index is 1.92. The van der Waals surface area contributed by atoms with E-state index in [-0.39, 0.29) is 29.1 Å². The van der Waals surface area contributed by atoms with Gasteiger partial charge in [0.2, 0.25) is 0 Å². The van der Waals surface area contributed by atoms with E-state index in [0.717, 1.165) is 19.3 Å². The predicted octanol–water partition coefficient (Wildman–Crippen LogP) is 1.84. The first-order valence-corrected chi connectivity index (χ1v) is 7.06. The number of nitrogens with two attached hydrogens (primary N) is 1. The summed E-state index contributed by atoms with van der Waals surface area (Å²) < 4.78 is 13.8. The van der Waals surface area contributed by atoms with E-state index in [1.807, 2.05) is 0 Å². The van der Waals surface area contributed by atoms with E-state index in [4.69, 9.17) is 5.73 Å². The number of carbonyl (C=O) groups is 2. The van der Waals surface area contributed by atoms with Gasteiger partial charge in [-0.25, -0.2) is 4.39 Å². The second-order valence-electron chi connectivity index (χ2n) is 5.89. The molecule has 1 aromatic rings. The number of anilines is 1. The summed E-state index contributed by atoms with van der Waals surface area (Å²) in [5.41, 5.74) is 5.30. The van der Waals surface area contributed by atoms with E-state index < -0.39 is 23.6 Å². The number of carbonyl (C=O) groups excluding carboxylic acids is 1. The molecule has 2 bridgehead atoms. The van der Waals surface area contributed by atoms with Gasteiger partial charge in [-0.3, -0.25) is 9.59 Å². The van der Waals surface area contributed by atoms with Crippen molar-refractivity contribution < 1.29 is 19.1 Å². The number of primary amides is 1. The number of amides is 1. The molecule has 0 saturated heterocycles. The maximum atomic E-state index is 13.8. The summed E-state index contributed by atoms with van der Waals surface area (Å²) in [6.45, 7) is 0. The molecular weight excluding hydrogens is 275 g/mol. The average Bonchev–Trinajstić information content (AvgIpc) is 2.98. The van der Waals surface area contributed by atoms with Crippen molar-refractivity contribution >= 4 is 17.6 Å². The molecule has 2 fully saturated rings. The average molecular weight is 292 g/mol. The number of carboxylic acids is 1. The zero-order chi connectivity index (χ0) is 15.1. The highest BCUT2D eigenvalue weighted by Crippen LogP contribution is 2.49. The molecule has 0 radical (unpaired) electrons. The summed E-state index contributed by atoms with van der Waals surface area (Å²) in [6, 6.07) is 3.93. The van der Waals surface area contributed by atoms with Crippen LogP contribution in [0.3, 0.4) is 0 Å². The Labute approximate surface area is 121 Å². The Bertz CT molecular complexity index is 605. The molecule has 112 valence electrons. The zero-order valence-electron chi connectivity index (χ0n) is 11.4. The first kappa shape index (κ1) is 13.9. The van der Waals surface area contributed by atoms with Crippen LogP contribution in [0.4, 0.5) is 10.1 Å². The molecule has 4 unspecified atom stereocenters. The van der Waals surface area contributed by atoms with Gasteiger partial charge in [0, 0.05) is 6.04 Å². The normalized spacial score (nSPS) is 30.3. The Morgan fingerprint density at radius 1 is 1.29 bits per heavy atom. The fourth-order valence-corrected chi connectivity index (χ4v) is 3.93. The number of nitrogens with one attached hydrogen (secondary N) is 1. The quantitative estimate of drug-likeness (QED) is 0.789. The van der Waals surface area contributed by atoms with Crippen LogP contribution in [-0.2, 0) is 4.79 Å². The second-order valence-corrected chi connectivity index (χ2v) is 5.89.